The molecule has 0 unspecified atom stereocenters. The second kappa shape index (κ2) is 11.0. The quantitative estimate of drug-likeness (QED) is 0.491. The van der Waals surface area contributed by atoms with Crippen molar-refractivity contribution in [2.24, 2.45) is 0 Å². The van der Waals surface area contributed by atoms with Crippen LogP contribution in [0.15, 0.2) is 48.8 Å². The first-order valence-electron chi connectivity index (χ1n) is 10.4. The predicted octanol–water partition coefficient (Wildman–Crippen LogP) is 3.38. The van der Waals surface area contributed by atoms with E-state index >= 15 is 0 Å². The number of pyridine rings is 1. The van der Waals surface area contributed by atoms with Gasteiger partial charge in [0.15, 0.2) is 11.5 Å². The molecule has 1 heterocycles. The van der Waals surface area contributed by atoms with Gasteiger partial charge >= 0.3 is 0 Å². The lowest BCUT2D eigenvalue weighted by Gasteiger charge is -2.15. The second-order valence-corrected chi connectivity index (χ2v) is 7.41. The highest BCUT2D eigenvalue weighted by atomic mass is 16.5. The molecule has 2 amide bonds. The van der Waals surface area contributed by atoms with Crippen molar-refractivity contribution in [3.8, 4) is 23.0 Å². The van der Waals surface area contributed by atoms with Gasteiger partial charge in [-0.25, -0.2) is 0 Å². The molecule has 9 heteroatoms. The van der Waals surface area contributed by atoms with E-state index in [-0.39, 0.29) is 5.56 Å². The average Bonchev–Trinajstić information content (AvgIpc) is 2.85. The molecule has 0 saturated carbocycles. The average molecular weight is 466 g/mol. The maximum atomic E-state index is 12.7. The van der Waals surface area contributed by atoms with Gasteiger partial charge in [-0.05, 0) is 55.3 Å². The van der Waals surface area contributed by atoms with Crippen molar-refractivity contribution in [3.05, 3.63) is 76.6 Å². The summed E-state index contributed by atoms with van der Waals surface area (Å²) in [6.07, 6.45) is 3.44. The van der Waals surface area contributed by atoms with Gasteiger partial charge in [0.2, 0.25) is 5.75 Å². The highest BCUT2D eigenvalue weighted by Gasteiger charge is 2.18. The van der Waals surface area contributed by atoms with E-state index in [2.05, 4.69) is 15.8 Å². The standard InChI is InChI=1S/C25H27N3O6/c1-15-9-18(10-16(2)22(15)34-14-17-7-6-8-26-13-17)24(29)27-28-25(30)19-11-20(31-3)23(33-5)21(12-19)32-4/h6-13H,14H2,1-5H3,(H,27,29)(H,28,30). The van der Waals surface area contributed by atoms with E-state index in [0.717, 1.165) is 16.7 Å². The molecule has 0 atom stereocenters. The van der Waals surface area contributed by atoms with Gasteiger partial charge in [-0.15, -0.1) is 0 Å². The zero-order chi connectivity index (χ0) is 24.7. The third-order valence-corrected chi connectivity index (χ3v) is 5.04. The second-order valence-electron chi connectivity index (χ2n) is 7.41. The minimum atomic E-state index is -0.544. The lowest BCUT2D eigenvalue weighted by Crippen LogP contribution is -2.41. The van der Waals surface area contributed by atoms with Crippen LogP contribution in [0.4, 0.5) is 0 Å². The zero-order valence-electron chi connectivity index (χ0n) is 19.7. The van der Waals surface area contributed by atoms with Gasteiger partial charge in [-0.2, -0.15) is 0 Å². The molecule has 9 nitrogen and oxygen atoms in total. The number of benzene rings is 2. The van der Waals surface area contributed by atoms with Crippen molar-refractivity contribution in [3.63, 3.8) is 0 Å². The molecule has 2 N–H and O–H groups in total. The number of nitrogens with zero attached hydrogens (tertiary/aromatic N) is 1. The molecule has 0 radical (unpaired) electrons. The predicted molar refractivity (Wildman–Crippen MR) is 126 cm³/mol. The number of hydrazine groups is 1. The van der Waals surface area contributed by atoms with Crippen molar-refractivity contribution in [1.82, 2.24) is 15.8 Å². The number of methoxy groups -OCH3 is 3. The van der Waals surface area contributed by atoms with Crippen LogP contribution >= 0.6 is 0 Å². The number of hydrogen-bond donors (Lipinski definition) is 2. The van der Waals surface area contributed by atoms with Gasteiger partial charge in [-0.3, -0.25) is 25.4 Å². The largest absolute Gasteiger partial charge is 0.493 e. The fourth-order valence-electron chi connectivity index (χ4n) is 3.42. The van der Waals surface area contributed by atoms with Gasteiger partial charge in [0.05, 0.1) is 21.3 Å². The molecule has 0 aliphatic carbocycles. The maximum Gasteiger partial charge on any atom is 0.269 e. The first kappa shape index (κ1) is 24.4. The molecule has 0 aliphatic heterocycles. The molecule has 178 valence electrons. The highest BCUT2D eigenvalue weighted by Crippen LogP contribution is 2.38. The summed E-state index contributed by atoms with van der Waals surface area (Å²) >= 11 is 0. The lowest BCUT2D eigenvalue weighted by molar-refractivity contribution is 0.0846. The summed E-state index contributed by atoms with van der Waals surface area (Å²) in [5, 5.41) is 0. The Morgan fingerprint density at radius 1 is 0.824 bits per heavy atom. The Morgan fingerprint density at radius 2 is 1.38 bits per heavy atom. The number of carbonyl (C=O) groups excluding carboxylic acids is 2. The van der Waals surface area contributed by atoms with Gasteiger partial charge < -0.3 is 18.9 Å². The number of aryl methyl sites for hydroxylation is 2. The lowest BCUT2D eigenvalue weighted by atomic mass is 10.1. The third kappa shape index (κ3) is 5.55. The molecule has 0 spiro atoms. The van der Waals surface area contributed by atoms with Crippen LogP contribution in [0.5, 0.6) is 23.0 Å². The Bertz CT molecular complexity index is 1130. The Morgan fingerprint density at radius 3 is 1.85 bits per heavy atom. The number of carbonyl (C=O) groups is 2. The Kier molecular flexibility index (Phi) is 7.92. The minimum Gasteiger partial charge on any atom is -0.493 e. The number of aromatic nitrogens is 1. The van der Waals surface area contributed by atoms with Crippen LogP contribution in [-0.4, -0.2) is 38.1 Å². The number of ether oxygens (including phenoxy) is 4. The van der Waals surface area contributed by atoms with E-state index in [9.17, 15) is 9.59 Å². The number of nitrogens with one attached hydrogen (secondary N) is 2. The Labute approximate surface area is 198 Å². The van der Waals surface area contributed by atoms with Crippen LogP contribution in [-0.2, 0) is 6.61 Å². The summed E-state index contributed by atoms with van der Waals surface area (Å²) in [5.41, 5.74) is 7.98. The molecule has 0 bridgehead atoms. The molecule has 34 heavy (non-hydrogen) atoms. The molecular formula is C25H27N3O6. The van der Waals surface area contributed by atoms with E-state index in [1.807, 2.05) is 26.0 Å². The van der Waals surface area contributed by atoms with E-state index in [4.69, 9.17) is 18.9 Å². The highest BCUT2D eigenvalue weighted by molar-refractivity contribution is 6.00. The Hall–Kier alpha value is -4.27. The minimum absolute atomic E-state index is 0.223. The van der Waals surface area contributed by atoms with Crippen molar-refractivity contribution in [2.75, 3.05) is 21.3 Å². The molecule has 0 aliphatic rings. The number of rotatable bonds is 8. The summed E-state index contributed by atoms with van der Waals surface area (Å²) in [6.45, 7) is 4.08. The molecule has 2 aromatic carbocycles. The molecule has 0 saturated heterocycles. The fourth-order valence-corrected chi connectivity index (χ4v) is 3.42. The maximum absolute atomic E-state index is 12.7. The number of hydrogen-bond acceptors (Lipinski definition) is 7. The summed E-state index contributed by atoms with van der Waals surface area (Å²) in [7, 11) is 4.38. The summed E-state index contributed by atoms with van der Waals surface area (Å²) in [4.78, 5) is 29.4. The SMILES string of the molecule is COc1cc(C(=O)NNC(=O)c2cc(C)c(OCc3cccnc3)c(C)c2)cc(OC)c1OC. The topological polar surface area (TPSA) is 108 Å². The van der Waals surface area contributed by atoms with Crippen LogP contribution in [0, 0.1) is 13.8 Å². The van der Waals surface area contributed by atoms with Crippen LogP contribution in [0.25, 0.3) is 0 Å². The van der Waals surface area contributed by atoms with Crippen molar-refractivity contribution < 1.29 is 28.5 Å². The van der Waals surface area contributed by atoms with E-state index < -0.39 is 11.8 Å². The normalized spacial score (nSPS) is 10.3. The van der Waals surface area contributed by atoms with Crippen LogP contribution < -0.4 is 29.8 Å². The van der Waals surface area contributed by atoms with E-state index in [1.165, 1.54) is 33.5 Å². The van der Waals surface area contributed by atoms with Crippen molar-refractivity contribution in [2.45, 2.75) is 20.5 Å². The van der Waals surface area contributed by atoms with Crippen molar-refractivity contribution >= 4 is 11.8 Å². The molecule has 3 rings (SSSR count). The van der Waals surface area contributed by atoms with Crippen LogP contribution in [0.3, 0.4) is 0 Å². The fraction of sp³-hybridized carbons (Fsp3) is 0.240. The molecule has 1 aromatic heterocycles. The molecule has 3 aromatic rings. The molecule has 0 fully saturated rings. The first-order valence-corrected chi connectivity index (χ1v) is 10.4. The van der Waals surface area contributed by atoms with Gasteiger partial charge in [0, 0.05) is 29.1 Å². The van der Waals surface area contributed by atoms with Crippen LogP contribution in [0.2, 0.25) is 0 Å². The smallest absolute Gasteiger partial charge is 0.269 e. The molecular weight excluding hydrogens is 438 g/mol. The van der Waals surface area contributed by atoms with E-state index in [0.29, 0.717) is 35.2 Å². The summed E-state index contributed by atoms with van der Waals surface area (Å²) in [6, 6.07) is 10.2. The van der Waals surface area contributed by atoms with E-state index in [1.54, 1.807) is 24.5 Å². The van der Waals surface area contributed by atoms with Gasteiger partial charge in [0.1, 0.15) is 12.4 Å². The summed E-state index contributed by atoms with van der Waals surface area (Å²) < 4.78 is 21.7. The van der Waals surface area contributed by atoms with Gasteiger partial charge in [-0.1, -0.05) is 6.07 Å². The number of amides is 2. The van der Waals surface area contributed by atoms with Gasteiger partial charge in [0.25, 0.3) is 11.8 Å². The first-order chi connectivity index (χ1) is 16.4. The van der Waals surface area contributed by atoms with Crippen LogP contribution in [0.1, 0.15) is 37.4 Å². The summed E-state index contributed by atoms with van der Waals surface area (Å²) in [5.74, 6) is 0.699. The monoisotopic (exact) mass is 465 g/mol. The van der Waals surface area contributed by atoms with Crippen molar-refractivity contribution in [1.29, 1.82) is 0 Å². The third-order valence-electron chi connectivity index (χ3n) is 5.04. The zero-order valence-corrected chi connectivity index (χ0v) is 19.7. The Balaban J connectivity index is 1.68.